The second-order valence-electron chi connectivity index (χ2n) is 5.34. The second-order valence-corrected chi connectivity index (χ2v) is 5.34. The molecule has 1 aliphatic rings. The topological polar surface area (TPSA) is 20.2 Å². The summed E-state index contributed by atoms with van der Waals surface area (Å²) in [6, 6.07) is 10.7. The van der Waals surface area contributed by atoms with E-state index in [-0.39, 0.29) is 6.10 Å². The van der Waals surface area contributed by atoms with E-state index in [0.717, 1.165) is 12.8 Å². The molecule has 1 nitrogen and oxygen atoms in total. The Kier molecular flexibility index (Phi) is 5.06. The summed E-state index contributed by atoms with van der Waals surface area (Å²) >= 11 is 0. The van der Waals surface area contributed by atoms with Gasteiger partial charge in [-0.3, -0.25) is 0 Å². The highest BCUT2D eigenvalue weighted by Crippen LogP contribution is 2.27. The van der Waals surface area contributed by atoms with Crippen LogP contribution >= 0.6 is 0 Å². The number of hydrogen-bond donors (Lipinski definition) is 1. The lowest BCUT2D eigenvalue weighted by Gasteiger charge is -2.20. The Morgan fingerprint density at radius 2 is 1.76 bits per heavy atom. The van der Waals surface area contributed by atoms with Crippen molar-refractivity contribution >= 4 is 0 Å². The summed E-state index contributed by atoms with van der Waals surface area (Å²) in [7, 11) is 0. The summed E-state index contributed by atoms with van der Waals surface area (Å²) in [5.74, 6) is 0.557. The molecule has 94 valence electrons. The van der Waals surface area contributed by atoms with Gasteiger partial charge in [0.25, 0.3) is 0 Å². The molecule has 0 radical (unpaired) electrons. The molecular weight excluding hydrogens is 208 g/mol. The Hall–Kier alpha value is -0.820. The van der Waals surface area contributed by atoms with Crippen LogP contribution in [-0.2, 0) is 6.42 Å². The highest BCUT2D eigenvalue weighted by Gasteiger charge is 2.20. The van der Waals surface area contributed by atoms with Gasteiger partial charge >= 0.3 is 0 Å². The van der Waals surface area contributed by atoms with Crippen LogP contribution in [0.5, 0.6) is 0 Å². The fourth-order valence-corrected chi connectivity index (χ4v) is 2.91. The number of aryl methyl sites for hydroxylation is 1. The number of benzene rings is 1. The van der Waals surface area contributed by atoms with Crippen LogP contribution in [0.2, 0.25) is 0 Å². The molecule has 2 unspecified atom stereocenters. The van der Waals surface area contributed by atoms with Crippen molar-refractivity contribution in [3.05, 3.63) is 35.9 Å². The summed E-state index contributed by atoms with van der Waals surface area (Å²) in [5, 5.41) is 10.0. The standard InChI is InChI=1S/C16H24O/c17-16-13-6-2-5-11-15(16)12-7-10-14-8-3-1-4-9-14/h1,3-4,8-9,15-17H,2,5-7,10-13H2. The van der Waals surface area contributed by atoms with E-state index < -0.39 is 0 Å². The largest absolute Gasteiger partial charge is 0.393 e. The third kappa shape index (κ3) is 4.16. The summed E-state index contributed by atoms with van der Waals surface area (Å²) in [5.41, 5.74) is 1.43. The van der Waals surface area contributed by atoms with E-state index in [0.29, 0.717) is 5.92 Å². The molecular formula is C16H24O. The summed E-state index contributed by atoms with van der Waals surface area (Å²) in [4.78, 5) is 0. The molecule has 1 aromatic rings. The molecule has 0 heterocycles. The molecule has 1 aliphatic carbocycles. The van der Waals surface area contributed by atoms with E-state index >= 15 is 0 Å². The molecule has 1 fully saturated rings. The van der Waals surface area contributed by atoms with Gasteiger partial charge in [0, 0.05) is 0 Å². The molecule has 0 amide bonds. The van der Waals surface area contributed by atoms with Gasteiger partial charge in [-0.15, -0.1) is 0 Å². The van der Waals surface area contributed by atoms with Gasteiger partial charge in [-0.1, -0.05) is 49.6 Å². The van der Waals surface area contributed by atoms with Crippen molar-refractivity contribution in [1.82, 2.24) is 0 Å². The monoisotopic (exact) mass is 232 g/mol. The third-order valence-electron chi connectivity index (χ3n) is 4.00. The fraction of sp³-hybridized carbons (Fsp3) is 0.625. The van der Waals surface area contributed by atoms with Crippen molar-refractivity contribution in [1.29, 1.82) is 0 Å². The highest BCUT2D eigenvalue weighted by molar-refractivity contribution is 5.14. The maximum atomic E-state index is 10.0. The van der Waals surface area contributed by atoms with E-state index in [1.54, 1.807) is 0 Å². The van der Waals surface area contributed by atoms with Crippen LogP contribution in [0.15, 0.2) is 30.3 Å². The lowest BCUT2D eigenvalue weighted by Crippen LogP contribution is -2.18. The first-order valence-corrected chi connectivity index (χ1v) is 7.08. The molecule has 2 atom stereocenters. The van der Waals surface area contributed by atoms with Crippen molar-refractivity contribution in [2.45, 2.75) is 57.5 Å². The molecule has 2 rings (SSSR count). The smallest absolute Gasteiger partial charge is 0.0568 e. The maximum absolute atomic E-state index is 10.0. The Bertz CT molecular complexity index is 307. The first-order valence-electron chi connectivity index (χ1n) is 7.08. The summed E-state index contributed by atoms with van der Waals surface area (Å²) in [6.45, 7) is 0. The van der Waals surface area contributed by atoms with E-state index in [1.807, 2.05) is 0 Å². The normalized spacial score (nSPS) is 25.5. The minimum absolute atomic E-state index is 0.0340. The predicted molar refractivity (Wildman–Crippen MR) is 72.0 cm³/mol. The van der Waals surface area contributed by atoms with Gasteiger partial charge in [0.1, 0.15) is 0 Å². The van der Waals surface area contributed by atoms with E-state index in [4.69, 9.17) is 0 Å². The minimum Gasteiger partial charge on any atom is -0.393 e. The van der Waals surface area contributed by atoms with Crippen LogP contribution in [0.25, 0.3) is 0 Å². The Labute approximate surface area is 105 Å². The first kappa shape index (κ1) is 12.6. The molecule has 1 heteroatoms. The zero-order chi connectivity index (χ0) is 11.9. The van der Waals surface area contributed by atoms with Crippen LogP contribution < -0.4 is 0 Å². The molecule has 1 aromatic carbocycles. The van der Waals surface area contributed by atoms with Crippen LogP contribution in [0, 0.1) is 5.92 Å². The SMILES string of the molecule is OC1CCCCCC1CCCc1ccccc1. The van der Waals surface area contributed by atoms with Crippen molar-refractivity contribution < 1.29 is 5.11 Å². The highest BCUT2D eigenvalue weighted by atomic mass is 16.3. The van der Waals surface area contributed by atoms with E-state index in [1.165, 1.54) is 44.1 Å². The summed E-state index contributed by atoms with van der Waals surface area (Å²) < 4.78 is 0. The first-order chi connectivity index (χ1) is 8.36. The molecule has 1 N–H and O–H groups in total. The molecule has 0 aromatic heterocycles. The molecule has 0 bridgehead atoms. The number of aliphatic hydroxyl groups is 1. The number of hydrogen-bond acceptors (Lipinski definition) is 1. The molecule has 1 saturated carbocycles. The predicted octanol–water partition coefficient (Wildman–Crippen LogP) is 3.95. The van der Waals surface area contributed by atoms with Crippen LogP contribution in [0.1, 0.15) is 50.5 Å². The number of aliphatic hydroxyl groups excluding tert-OH is 1. The Balaban J connectivity index is 1.73. The van der Waals surface area contributed by atoms with Gasteiger partial charge in [0.15, 0.2) is 0 Å². The average molecular weight is 232 g/mol. The average Bonchev–Trinajstić information content (AvgIpc) is 2.56. The van der Waals surface area contributed by atoms with Crippen molar-refractivity contribution in [2.24, 2.45) is 5.92 Å². The quantitative estimate of drug-likeness (QED) is 0.779. The Morgan fingerprint density at radius 1 is 1.00 bits per heavy atom. The molecule has 0 spiro atoms. The summed E-state index contributed by atoms with van der Waals surface area (Å²) in [6.07, 6.45) is 9.63. The van der Waals surface area contributed by atoms with Crippen molar-refractivity contribution in [3.63, 3.8) is 0 Å². The number of rotatable bonds is 4. The second kappa shape index (κ2) is 6.80. The molecule has 0 aliphatic heterocycles. The van der Waals surface area contributed by atoms with Crippen LogP contribution in [-0.4, -0.2) is 11.2 Å². The Morgan fingerprint density at radius 3 is 2.59 bits per heavy atom. The zero-order valence-corrected chi connectivity index (χ0v) is 10.6. The zero-order valence-electron chi connectivity index (χ0n) is 10.6. The van der Waals surface area contributed by atoms with Crippen LogP contribution in [0.4, 0.5) is 0 Å². The van der Waals surface area contributed by atoms with Gasteiger partial charge in [-0.25, -0.2) is 0 Å². The fourth-order valence-electron chi connectivity index (χ4n) is 2.91. The molecule has 0 saturated heterocycles. The molecule has 17 heavy (non-hydrogen) atoms. The minimum atomic E-state index is -0.0340. The van der Waals surface area contributed by atoms with Gasteiger partial charge < -0.3 is 5.11 Å². The van der Waals surface area contributed by atoms with Gasteiger partial charge in [-0.2, -0.15) is 0 Å². The van der Waals surface area contributed by atoms with Gasteiger partial charge in [0.05, 0.1) is 6.10 Å². The van der Waals surface area contributed by atoms with Gasteiger partial charge in [0.2, 0.25) is 0 Å². The van der Waals surface area contributed by atoms with Gasteiger partial charge in [-0.05, 0) is 43.6 Å². The lowest BCUT2D eigenvalue weighted by atomic mass is 9.91. The third-order valence-corrected chi connectivity index (χ3v) is 4.00. The van der Waals surface area contributed by atoms with Crippen molar-refractivity contribution in [3.8, 4) is 0 Å². The lowest BCUT2D eigenvalue weighted by molar-refractivity contribution is 0.0947. The van der Waals surface area contributed by atoms with E-state index in [2.05, 4.69) is 30.3 Å². The maximum Gasteiger partial charge on any atom is 0.0568 e. The van der Waals surface area contributed by atoms with Crippen molar-refractivity contribution in [2.75, 3.05) is 0 Å². The van der Waals surface area contributed by atoms with E-state index in [9.17, 15) is 5.11 Å². The van der Waals surface area contributed by atoms with Crippen LogP contribution in [0.3, 0.4) is 0 Å².